The third kappa shape index (κ3) is 8.33. The van der Waals surface area contributed by atoms with Crippen LogP contribution in [-0.2, 0) is 16.0 Å². The molecule has 1 aromatic carbocycles. The molecule has 2 saturated heterocycles. The fourth-order valence-electron chi connectivity index (χ4n) is 5.39. The Bertz CT molecular complexity index is 1250. The quantitative estimate of drug-likeness (QED) is 0.443. The van der Waals surface area contributed by atoms with E-state index in [0.29, 0.717) is 48.7 Å². The van der Waals surface area contributed by atoms with Gasteiger partial charge in [0.05, 0.1) is 0 Å². The van der Waals surface area contributed by atoms with Crippen LogP contribution < -0.4 is 10.1 Å². The van der Waals surface area contributed by atoms with Crippen LogP contribution in [0.4, 0.5) is 14.0 Å². The largest absolute Gasteiger partial charge is 0.474 e. The van der Waals surface area contributed by atoms with Crippen LogP contribution in [0.2, 0.25) is 0 Å². The maximum Gasteiger partial charge on any atom is 0.408 e. The van der Waals surface area contributed by atoms with Crippen LogP contribution in [0.3, 0.4) is 0 Å². The summed E-state index contributed by atoms with van der Waals surface area (Å²) in [4.78, 5) is 44.3. The fourth-order valence-corrected chi connectivity index (χ4v) is 5.39. The molecule has 2 aromatic rings. The summed E-state index contributed by atoms with van der Waals surface area (Å²) in [6.45, 7) is 9.39. The molecule has 11 heteroatoms. The molecular weight excluding hydrogens is 543 g/mol. The van der Waals surface area contributed by atoms with Gasteiger partial charge in [0, 0.05) is 50.4 Å². The molecule has 3 heterocycles. The Morgan fingerprint density at radius 2 is 1.71 bits per heavy atom. The second-order valence-electron chi connectivity index (χ2n) is 12.1. The molecule has 2 atom stereocenters. The van der Waals surface area contributed by atoms with E-state index < -0.39 is 29.6 Å². The molecule has 4 rings (SSSR count). The van der Waals surface area contributed by atoms with E-state index in [9.17, 15) is 14.4 Å². The lowest BCUT2D eigenvalue weighted by molar-refractivity contribution is -0.132. The van der Waals surface area contributed by atoms with Crippen molar-refractivity contribution in [3.8, 4) is 17.0 Å². The van der Waals surface area contributed by atoms with Gasteiger partial charge in [0.25, 0.3) is 0 Å². The maximum atomic E-state index is 15.3. The topological polar surface area (TPSA) is 121 Å². The summed E-state index contributed by atoms with van der Waals surface area (Å²) in [7, 11) is 0. The third-order valence-corrected chi connectivity index (χ3v) is 7.73. The van der Waals surface area contributed by atoms with Crippen LogP contribution in [0.15, 0.2) is 36.5 Å². The minimum absolute atomic E-state index is 0.00496. The number of hydrogen-bond donors (Lipinski definition) is 2. The van der Waals surface area contributed by atoms with Gasteiger partial charge in [-0.3, -0.25) is 4.79 Å². The number of nitrogens with one attached hydrogen (secondary N) is 1. The summed E-state index contributed by atoms with van der Waals surface area (Å²) in [6.07, 6.45) is 3.14. The van der Waals surface area contributed by atoms with Gasteiger partial charge in [0.2, 0.25) is 11.8 Å². The Kier molecular flexibility index (Phi) is 9.90. The van der Waals surface area contributed by atoms with E-state index in [0.717, 1.165) is 25.7 Å². The van der Waals surface area contributed by atoms with Crippen molar-refractivity contribution in [2.45, 2.75) is 77.5 Å². The molecule has 0 radical (unpaired) electrons. The van der Waals surface area contributed by atoms with Crippen molar-refractivity contribution in [2.75, 3.05) is 26.2 Å². The average Bonchev–Trinajstić information content (AvgIpc) is 3.48. The zero-order valence-electron chi connectivity index (χ0n) is 24.8. The first kappa shape index (κ1) is 31.1. The number of piperidine rings is 1. The number of carbonyl (C=O) groups is 3. The van der Waals surface area contributed by atoms with Gasteiger partial charge in [-0.2, -0.15) is 0 Å². The van der Waals surface area contributed by atoms with Crippen molar-refractivity contribution in [3.63, 3.8) is 0 Å². The van der Waals surface area contributed by atoms with E-state index in [1.165, 1.54) is 11.0 Å². The number of likely N-dealkylation sites (tertiary alicyclic amines) is 2. The average molecular weight is 585 g/mol. The normalized spacial score (nSPS) is 17.5. The van der Waals surface area contributed by atoms with E-state index in [4.69, 9.17) is 14.6 Å². The lowest BCUT2D eigenvalue weighted by Gasteiger charge is -2.33. The first-order valence-corrected chi connectivity index (χ1v) is 14.6. The summed E-state index contributed by atoms with van der Waals surface area (Å²) in [5, 5.41) is 11.8. The number of rotatable bonds is 8. The minimum atomic E-state index is -0.949. The second-order valence-corrected chi connectivity index (χ2v) is 12.1. The van der Waals surface area contributed by atoms with E-state index >= 15 is 4.39 Å². The van der Waals surface area contributed by atoms with Gasteiger partial charge in [-0.15, -0.1) is 0 Å². The van der Waals surface area contributed by atoms with Gasteiger partial charge in [-0.25, -0.2) is 19.0 Å². The monoisotopic (exact) mass is 584 g/mol. The van der Waals surface area contributed by atoms with Crippen molar-refractivity contribution < 1.29 is 33.4 Å². The Morgan fingerprint density at radius 1 is 1.05 bits per heavy atom. The lowest BCUT2D eigenvalue weighted by Crippen LogP contribution is -2.50. The molecule has 1 aromatic heterocycles. The van der Waals surface area contributed by atoms with Gasteiger partial charge in [0.15, 0.2) is 0 Å². The highest BCUT2D eigenvalue weighted by atomic mass is 19.1. The number of pyridine rings is 1. The molecule has 2 N–H and O–H groups in total. The molecule has 1 unspecified atom stereocenters. The van der Waals surface area contributed by atoms with E-state index in [-0.39, 0.29) is 24.3 Å². The summed E-state index contributed by atoms with van der Waals surface area (Å²) in [5.41, 5.74) is 0.895. The summed E-state index contributed by atoms with van der Waals surface area (Å²) in [5.74, 6) is -0.0575. The first-order valence-electron chi connectivity index (χ1n) is 14.6. The van der Waals surface area contributed by atoms with Crippen LogP contribution in [-0.4, -0.2) is 81.9 Å². The number of ether oxygens (including phenoxy) is 2. The molecule has 2 fully saturated rings. The Labute approximate surface area is 246 Å². The van der Waals surface area contributed by atoms with Crippen molar-refractivity contribution in [1.82, 2.24) is 20.1 Å². The lowest BCUT2D eigenvalue weighted by atomic mass is 9.92. The molecular formula is C31H41FN4O6. The van der Waals surface area contributed by atoms with Crippen molar-refractivity contribution in [1.29, 1.82) is 0 Å². The number of amides is 3. The van der Waals surface area contributed by atoms with Crippen molar-refractivity contribution in [2.24, 2.45) is 5.92 Å². The molecule has 0 spiro atoms. The van der Waals surface area contributed by atoms with Gasteiger partial charge in [-0.05, 0) is 82.6 Å². The maximum absolute atomic E-state index is 15.3. The van der Waals surface area contributed by atoms with Crippen LogP contribution in [0.1, 0.15) is 58.9 Å². The molecule has 0 saturated carbocycles. The van der Waals surface area contributed by atoms with Crippen molar-refractivity contribution >= 4 is 18.1 Å². The number of carboxylic acid groups (broad SMARTS) is 1. The van der Waals surface area contributed by atoms with E-state index in [2.05, 4.69) is 10.3 Å². The minimum Gasteiger partial charge on any atom is -0.474 e. The molecule has 0 bridgehead atoms. The van der Waals surface area contributed by atoms with E-state index in [1.54, 1.807) is 56.1 Å². The van der Waals surface area contributed by atoms with Crippen LogP contribution in [0.25, 0.3) is 11.1 Å². The summed E-state index contributed by atoms with van der Waals surface area (Å²) < 4.78 is 26.7. The number of benzene rings is 1. The van der Waals surface area contributed by atoms with Crippen LogP contribution >= 0.6 is 0 Å². The summed E-state index contributed by atoms with van der Waals surface area (Å²) in [6, 6.07) is 7.38. The fraction of sp³-hybridized carbons (Fsp3) is 0.548. The Morgan fingerprint density at radius 3 is 2.29 bits per heavy atom. The smallest absolute Gasteiger partial charge is 0.408 e. The molecule has 42 heavy (non-hydrogen) atoms. The van der Waals surface area contributed by atoms with E-state index in [1.807, 2.05) is 6.92 Å². The molecule has 2 aliphatic heterocycles. The van der Waals surface area contributed by atoms with Gasteiger partial charge in [-0.1, -0.05) is 12.1 Å². The Hall–Kier alpha value is -3.89. The predicted molar refractivity (Wildman–Crippen MR) is 155 cm³/mol. The van der Waals surface area contributed by atoms with Crippen LogP contribution in [0, 0.1) is 11.7 Å². The number of nitrogens with zero attached hydrogens (tertiary/aromatic N) is 3. The third-order valence-electron chi connectivity index (χ3n) is 7.73. The molecule has 3 amide bonds. The Balaban J connectivity index is 1.40. The number of halogens is 1. The van der Waals surface area contributed by atoms with Gasteiger partial charge < -0.3 is 29.7 Å². The van der Waals surface area contributed by atoms with Gasteiger partial charge >= 0.3 is 12.2 Å². The number of alkyl carbamates (subject to hydrolysis) is 1. The highest BCUT2D eigenvalue weighted by Crippen LogP contribution is 2.27. The van der Waals surface area contributed by atoms with Crippen molar-refractivity contribution in [3.05, 3.63) is 47.9 Å². The van der Waals surface area contributed by atoms with Gasteiger partial charge in [0.1, 0.15) is 23.6 Å². The highest BCUT2D eigenvalue weighted by molar-refractivity contribution is 5.86. The number of carbonyl (C=O) groups excluding carboxylic acids is 2. The zero-order valence-corrected chi connectivity index (χ0v) is 24.8. The SMILES string of the molecule is C[C@H](Oc1ccc(-c2ccc(CC(NC(=O)OC(C)(C)C)C(=O)N3CCCC3)c(F)c2)cn1)C1CCN(C(=O)O)CC1. The molecule has 0 aliphatic carbocycles. The number of aromatic nitrogens is 1. The number of hydrogen-bond acceptors (Lipinski definition) is 6. The second kappa shape index (κ2) is 13.4. The predicted octanol–water partition coefficient (Wildman–Crippen LogP) is 5.10. The zero-order chi connectivity index (χ0) is 30.4. The van der Waals surface area contributed by atoms with Crippen LogP contribution in [0.5, 0.6) is 5.88 Å². The standard InChI is InChI=1S/C31H41FN4O6/c1-20(21-11-15-36(16-12-21)30(39)40)41-27-10-9-24(19-33-27)22-7-8-23(25(32)17-22)18-26(28(37)35-13-5-6-14-35)34-29(38)42-31(2,3)4/h7-10,17,19-21,26H,5-6,11-16,18H2,1-4H3,(H,34,38)(H,39,40)/t20-,26?/m0/s1. The summed E-state index contributed by atoms with van der Waals surface area (Å²) >= 11 is 0. The molecule has 2 aliphatic rings. The molecule has 10 nitrogen and oxygen atoms in total. The molecule has 228 valence electrons. The first-order chi connectivity index (χ1) is 19.9. The highest BCUT2D eigenvalue weighted by Gasteiger charge is 2.31.